The lowest BCUT2D eigenvalue weighted by Gasteiger charge is -2.30. The summed E-state index contributed by atoms with van der Waals surface area (Å²) in [6.45, 7) is 2.61. The Kier molecular flexibility index (Phi) is 6.47. The van der Waals surface area contributed by atoms with Crippen LogP contribution >= 0.6 is 11.3 Å². The number of hydrogen-bond acceptors (Lipinski definition) is 4. The molecule has 1 saturated heterocycles. The van der Waals surface area contributed by atoms with Crippen LogP contribution in [0.25, 0.3) is 0 Å². The smallest absolute Gasteiger partial charge is 0.252 e. The lowest BCUT2D eigenvalue weighted by molar-refractivity contribution is -0.126. The molecule has 0 aliphatic carbocycles. The van der Waals surface area contributed by atoms with Gasteiger partial charge in [0.05, 0.1) is 5.92 Å². The molecule has 0 bridgehead atoms. The number of benzene rings is 1. The topological polar surface area (TPSA) is 66.5 Å². The highest BCUT2D eigenvalue weighted by Crippen LogP contribution is 2.28. The summed E-state index contributed by atoms with van der Waals surface area (Å²) in [7, 11) is -3.59. The fourth-order valence-electron chi connectivity index (χ4n) is 3.28. The van der Waals surface area contributed by atoms with E-state index in [0.29, 0.717) is 35.6 Å². The van der Waals surface area contributed by atoms with Crippen LogP contribution in [0, 0.1) is 24.5 Å². The second-order valence-electron chi connectivity index (χ2n) is 6.89. The molecule has 3 rings (SSSR count). The molecule has 1 aliphatic heterocycles. The first kappa shape index (κ1) is 20.9. The molecule has 1 aromatic carbocycles. The Bertz CT molecular complexity index is 940. The van der Waals surface area contributed by atoms with Gasteiger partial charge in [-0.1, -0.05) is 0 Å². The Hall–Kier alpha value is -1.84. The molecule has 0 saturated carbocycles. The lowest BCUT2D eigenvalue weighted by Crippen LogP contribution is -2.45. The van der Waals surface area contributed by atoms with Crippen LogP contribution in [-0.2, 0) is 21.2 Å². The Morgan fingerprint density at radius 1 is 1.25 bits per heavy atom. The minimum Gasteiger partial charge on any atom is -0.355 e. The molecular weight excluding hydrogens is 406 g/mol. The van der Waals surface area contributed by atoms with E-state index in [2.05, 4.69) is 5.32 Å². The van der Waals surface area contributed by atoms with Gasteiger partial charge in [-0.15, -0.1) is 11.3 Å². The third-order valence-corrected chi connectivity index (χ3v) is 8.03. The largest absolute Gasteiger partial charge is 0.355 e. The normalized spacial score (nSPS) is 18.2. The van der Waals surface area contributed by atoms with Crippen molar-refractivity contribution in [3.63, 3.8) is 0 Å². The summed E-state index contributed by atoms with van der Waals surface area (Å²) in [6, 6.07) is 6.62. The van der Waals surface area contributed by atoms with E-state index >= 15 is 0 Å². The monoisotopic (exact) mass is 428 g/mol. The Balaban J connectivity index is 1.57. The van der Waals surface area contributed by atoms with Gasteiger partial charge < -0.3 is 5.32 Å². The maximum absolute atomic E-state index is 13.2. The highest BCUT2D eigenvalue weighted by atomic mass is 32.2. The van der Waals surface area contributed by atoms with Crippen LogP contribution in [0.3, 0.4) is 0 Å². The Labute approximate surface area is 167 Å². The maximum atomic E-state index is 13.2. The van der Waals surface area contributed by atoms with Gasteiger partial charge in [-0.2, -0.15) is 4.31 Å². The molecule has 1 aromatic heterocycles. The molecule has 2 aromatic rings. The van der Waals surface area contributed by atoms with E-state index < -0.39 is 27.6 Å². The quantitative estimate of drug-likeness (QED) is 0.769. The number of nitrogens with one attached hydrogen (secondary N) is 1. The summed E-state index contributed by atoms with van der Waals surface area (Å²) in [5.74, 6) is -1.98. The molecule has 1 amide bonds. The van der Waals surface area contributed by atoms with Crippen LogP contribution in [-0.4, -0.2) is 38.3 Å². The summed E-state index contributed by atoms with van der Waals surface area (Å²) in [6.07, 6.45) is 1.51. The third-order valence-electron chi connectivity index (χ3n) is 4.70. The number of rotatable bonds is 6. The van der Waals surface area contributed by atoms with Gasteiger partial charge in [0, 0.05) is 30.6 Å². The van der Waals surface area contributed by atoms with E-state index in [9.17, 15) is 22.0 Å². The van der Waals surface area contributed by atoms with Crippen molar-refractivity contribution in [1.82, 2.24) is 9.62 Å². The summed E-state index contributed by atoms with van der Waals surface area (Å²) >= 11 is 1.22. The Morgan fingerprint density at radius 2 is 1.96 bits per heavy atom. The summed E-state index contributed by atoms with van der Waals surface area (Å²) in [5.41, 5.74) is 0.457. The standard InChI is InChI=1S/C19H22F2N2O3S2/c1-13-4-5-18(27-13)28(25,26)23-8-2-3-15(12-23)19(24)22-7-6-14-9-16(20)11-17(21)10-14/h4-5,9-11,15H,2-3,6-8,12H2,1H3,(H,22,24). The van der Waals surface area contributed by atoms with Crippen molar-refractivity contribution in [2.24, 2.45) is 5.92 Å². The minimum absolute atomic E-state index is 0.139. The van der Waals surface area contributed by atoms with Crippen molar-refractivity contribution in [2.75, 3.05) is 19.6 Å². The molecule has 1 N–H and O–H groups in total. The molecule has 1 atom stereocenters. The molecule has 1 aliphatic rings. The van der Waals surface area contributed by atoms with Crippen molar-refractivity contribution in [1.29, 1.82) is 0 Å². The van der Waals surface area contributed by atoms with Gasteiger partial charge in [0.2, 0.25) is 5.91 Å². The number of halogens is 2. The van der Waals surface area contributed by atoms with E-state index in [-0.39, 0.29) is 19.0 Å². The van der Waals surface area contributed by atoms with E-state index in [4.69, 9.17) is 0 Å². The van der Waals surface area contributed by atoms with Crippen LogP contribution in [0.15, 0.2) is 34.5 Å². The number of thiophene rings is 1. The zero-order valence-electron chi connectivity index (χ0n) is 15.5. The van der Waals surface area contributed by atoms with Gasteiger partial charge in [0.1, 0.15) is 15.8 Å². The van der Waals surface area contributed by atoms with Crippen molar-refractivity contribution >= 4 is 27.3 Å². The molecular formula is C19H22F2N2O3S2. The fourth-order valence-corrected chi connectivity index (χ4v) is 6.24. The van der Waals surface area contributed by atoms with Crippen molar-refractivity contribution in [3.8, 4) is 0 Å². The zero-order valence-corrected chi connectivity index (χ0v) is 17.1. The molecule has 1 unspecified atom stereocenters. The van der Waals surface area contributed by atoms with Crippen molar-refractivity contribution in [2.45, 2.75) is 30.4 Å². The molecule has 0 spiro atoms. The highest BCUT2D eigenvalue weighted by Gasteiger charge is 2.33. The van der Waals surface area contributed by atoms with Crippen LogP contribution < -0.4 is 5.32 Å². The van der Waals surface area contributed by atoms with Crippen molar-refractivity contribution in [3.05, 3.63) is 52.4 Å². The van der Waals surface area contributed by atoms with Gasteiger partial charge in [-0.3, -0.25) is 4.79 Å². The Morgan fingerprint density at radius 3 is 2.61 bits per heavy atom. The first-order chi connectivity index (χ1) is 13.3. The number of aryl methyl sites for hydroxylation is 1. The predicted molar refractivity (Wildman–Crippen MR) is 104 cm³/mol. The fraction of sp³-hybridized carbons (Fsp3) is 0.421. The van der Waals surface area contributed by atoms with E-state index in [0.717, 1.165) is 10.9 Å². The first-order valence-corrected chi connectivity index (χ1v) is 11.3. The number of nitrogens with zero attached hydrogens (tertiary/aromatic N) is 1. The minimum atomic E-state index is -3.59. The molecule has 0 radical (unpaired) electrons. The van der Waals surface area contributed by atoms with Gasteiger partial charge >= 0.3 is 0 Å². The average molecular weight is 429 g/mol. The van der Waals surface area contributed by atoms with Crippen molar-refractivity contribution < 1.29 is 22.0 Å². The number of carbonyl (C=O) groups excluding carboxylic acids is 1. The average Bonchev–Trinajstić information content (AvgIpc) is 3.08. The SMILES string of the molecule is Cc1ccc(S(=O)(=O)N2CCCC(C(=O)NCCc3cc(F)cc(F)c3)C2)s1. The van der Waals surface area contributed by atoms with Crippen LogP contribution in [0.1, 0.15) is 23.3 Å². The van der Waals surface area contributed by atoms with E-state index in [1.54, 1.807) is 12.1 Å². The molecule has 1 fully saturated rings. The molecule has 9 heteroatoms. The number of piperidine rings is 1. The predicted octanol–water partition coefficient (Wildman–Crippen LogP) is 3.09. The van der Waals surface area contributed by atoms with E-state index in [1.807, 2.05) is 6.92 Å². The summed E-state index contributed by atoms with van der Waals surface area (Å²) < 4.78 is 53.6. The second kappa shape index (κ2) is 8.67. The number of sulfonamides is 1. The molecule has 2 heterocycles. The number of hydrogen-bond donors (Lipinski definition) is 1. The highest BCUT2D eigenvalue weighted by molar-refractivity contribution is 7.91. The number of carbonyl (C=O) groups is 1. The van der Waals surface area contributed by atoms with E-state index in [1.165, 1.54) is 27.8 Å². The van der Waals surface area contributed by atoms with Gasteiger partial charge in [0.25, 0.3) is 10.0 Å². The second-order valence-corrected chi connectivity index (χ2v) is 10.3. The molecule has 28 heavy (non-hydrogen) atoms. The first-order valence-electron chi connectivity index (χ1n) is 9.05. The zero-order chi connectivity index (χ0) is 20.3. The van der Waals surface area contributed by atoms with Crippen LogP contribution in [0.4, 0.5) is 8.78 Å². The molecule has 5 nitrogen and oxygen atoms in total. The van der Waals surface area contributed by atoms with Crippen LogP contribution in [0.5, 0.6) is 0 Å². The van der Waals surface area contributed by atoms with Crippen LogP contribution in [0.2, 0.25) is 0 Å². The van der Waals surface area contributed by atoms with Gasteiger partial charge in [0.15, 0.2) is 0 Å². The number of amides is 1. The van der Waals surface area contributed by atoms with Gasteiger partial charge in [-0.25, -0.2) is 17.2 Å². The molecule has 152 valence electrons. The summed E-state index contributed by atoms with van der Waals surface area (Å²) in [4.78, 5) is 13.4. The van der Waals surface area contributed by atoms with Gasteiger partial charge in [-0.05, 0) is 56.0 Å². The maximum Gasteiger partial charge on any atom is 0.252 e. The summed E-state index contributed by atoms with van der Waals surface area (Å²) in [5, 5.41) is 2.75. The lowest BCUT2D eigenvalue weighted by atomic mass is 9.99. The third kappa shape index (κ3) is 4.95.